The highest BCUT2D eigenvalue weighted by Gasteiger charge is 2.32. The van der Waals surface area contributed by atoms with Gasteiger partial charge in [-0.15, -0.1) is 0 Å². The SMILES string of the molecule is CCC1COC(C)CN1C(C)C(N)c1ccc(OC)cc1. The lowest BCUT2D eigenvalue weighted by atomic mass is 9.97. The van der Waals surface area contributed by atoms with Crippen molar-refractivity contribution in [3.63, 3.8) is 0 Å². The highest BCUT2D eigenvalue weighted by molar-refractivity contribution is 5.29. The predicted octanol–water partition coefficient (Wildman–Crippen LogP) is 2.58. The number of methoxy groups -OCH3 is 1. The molecule has 1 aliphatic rings. The summed E-state index contributed by atoms with van der Waals surface area (Å²) in [6.07, 6.45) is 1.37. The molecule has 1 heterocycles. The fraction of sp³-hybridized carbons (Fsp3) is 0.647. The van der Waals surface area contributed by atoms with Crippen molar-refractivity contribution < 1.29 is 9.47 Å². The highest BCUT2D eigenvalue weighted by Crippen LogP contribution is 2.26. The molecule has 2 rings (SSSR count). The van der Waals surface area contributed by atoms with Gasteiger partial charge >= 0.3 is 0 Å². The van der Waals surface area contributed by atoms with E-state index in [1.54, 1.807) is 7.11 Å². The van der Waals surface area contributed by atoms with Crippen molar-refractivity contribution in [2.45, 2.75) is 51.4 Å². The van der Waals surface area contributed by atoms with E-state index in [4.69, 9.17) is 15.2 Å². The van der Waals surface area contributed by atoms with Crippen LogP contribution in [0.2, 0.25) is 0 Å². The van der Waals surface area contributed by atoms with E-state index < -0.39 is 0 Å². The van der Waals surface area contributed by atoms with Crippen molar-refractivity contribution in [1.29, 1.82) is 0 Å². The van der Waals surface area contributed by atoms with Crippen LogP contribution < -0.4 is 10.5 Å². The molecule has 2 N–H and O–H groups in total. The quantitative estimate of drug-likeness (QED) is 0.906. The topological polar surface area (TPSA) is 47.7 Å². The average molecular weight is 292 g/mol. The van der Waals surface area contributed by atoms with E-state index in [-0.39, 0.29) is 18.2 Å². The van der Waals surface area contributed by atoms with E-state index in [2.05, 4.69) is 37.8 Å². The first-order chi connectivity index (χ1) is 10.1. The first-order valence-electron chi connectivity index (χ1n) is 7.83. The molecule has 4 heteroatoms. The number of nitrogens with zero attached hydrogens (tertiary/aromatic N) is 1. The Balaban J connectivity index is 2.10. The minimum Gasteiger partial charge on any atom is -0.497 e. The summed E-state index contributed by atoms with van der Waals surface area (Å²) < 4.78 is 11.0. The summed E-state index contributed by atoms with van der Waals surface area (Å²) in [5.74, 6) is 0.866. The summed E-state index contributed by atoms with van der Waals surface area (Å²) in [6.45, 7) is 8.31. The first kappa shape index (κ1) is 16.3. The van der Waals surface area contributed by atoms with Crippen LogP contribution in [0.15, 0.2) is 24.3 Å². The molecule has 1 aromatic rings. The fourth-order valence-electron chi connectivity index (χ4n) is 3.03. The molecule has 0 aliphatic carbocycles. The van der Waals surface area contributed by atoms with Crippen LogP contribution in [0.1, 0.15) is 38.8 Å². The normalized spacial score (nSPS) is 26.3. The summed E-state index contributed by atoms with van der Waals surface area (Å²) in [4.78, 5) is 2.50. The molecular weight excluding hydrogens is 264 g/mol. The van der Waals surface area contributed by atoms with Crippen molar-refractivity contribution in [3.05, 3.63) is 29.8 Å². The zero-order valence-electron chi connectivity index (χ0n) is 13.6. The molecule has 1 aromatic carbocycles. The van der Waals surface area contributed by atoms with Crippen LogP contribution >= 0.6 is 0 Å². The largest absolute Gasteiger partial charge is 0.497 e. The van der Waals surface area contributed by atoms with E-state index in [1.165, 1.54) is 0 Å². The molecule has 1 fully saturated rings. The predicted molar refractivity (Wildman–Crippen MR) is 85.6 cm³/mol. The lowest BCUT2D eigenvalue weighted by Gasteiger charge is -2.43. The third-order valence-electron chi connectivity index (χ3n) is 4.52. The van der Waals surface area contributed by atoms with Crippen molar-refractivity contribution in [2.24, 2.45) is 5.73 Å². The molecule has 1 saturated heterocycles. The Hall–Kier alpha value is -1.10. The Labute approximate surface area is 128 Å². The molecule has 4 atom stereocenters. The molecule has 0 saturated carbocycles. The van der Waals surface area contributed by atoms with E-state index >= 15 is 0 Å². The Kier molecular flexibility index (Phi) is 5.62. The molecule has 0 bridgehead atoms. The molecule has 0 radical (unpaired) electrons. The van der Waals surface area contributed by atoms with Gasteiger partial charge in [0.1, 0.15) is 5.75 Å². The second-order valence-electron chi connectivity index (χ2n) is 5.94. The van der Waals surface area contributed by atoms with Crippen LogP contribution in [0.3, 0.4) is 0 Å². The summed E-state index contributed by atoms with van der Waals surface area (Å²) >= 11 is 0. The molecular formula is C17H28N2O2. The second-order valence-corrected chi connectivity index (χ2v) is 5.94. The lowest BCUT2D eigenvalue weighted by molar-refractivity contribution is -0.0733. The monoisotopic (exact) mass is 292 g/mol. The minimum absolute atomic E-state index is 0.00439. The molecule has 118 valence electrons. The molecule has 21 heavy (non-hydrogen) atoms. The maximum Gasteiger partial charge on any atom is 0.118 e. The van der Waals surface area contributed by atoms with Gasteiger partial charge in [0.05, 0.1) is 19.8 Å². The van der Waals surface area contributed by atoms with E-state index in [1.807, 2.05) is 12.1 Å². The number of nitrogens with two attached hydrogens (primary N) is 1. The number of hydrogen-bond donors (Lipinski definition) is 1. The second kappa shape index (κ2) is 7.25. The maximum atomic E-state index is 6.50. The van der Waals surface area contributed by atoms with Crippen molar-refractivity contribution in [3.8, 4) is 5.75 Å². The third kappa shape index (κ3) is 3.76. The van der Waals surface area contributed by atoms with Gasteiger partial charge in [-0.25, -0.2) is 0 Å². The molecule has 4 unspecified atom stereocenters. The highest BCUT2D eigenvalue weighted by atomic mass is 16.5. The molecule has 4 nitrogen and oxygen atoms in total. The Morgan fingerprint density at radius 2 is 2.05 bits per heavy atom. The Morgan fingerprint density at radius 1 is 1.38 bits per heavy atom. The number of morpholine rings is 1. The van der Waals surface area contributed by atoms with Gasteiger partial charge in [0.2, 0.25) is 0 Å². The van der Waals surface area contributed by atoms with Crippen LogP contribution in [-0.4, -0.2) is 43.3 Å². The number of rotatable bonds is 5. The van der Waals surface area contributed by atoms with Crippen molar-refractivity contribution in [1.82, 2.24) is 4.90 Å². The van der Waals surface area contributed by atoms with Gasteiger partial charge in [-0.2, -0.15) is 0 Å². The van der Waals surface area contributed by atoms with Gasteiger partial charge in [-0.05, 0) is 38.0 Å². The first-order valence-corrected chi connectivity index (χ1v) is 7.83. The minimum atomic E-state index is -0.00439. The number of hydrogen-bond acceptors (Lipinski definition) is 4. The molecule has 0 spiro atoms. The van der Waals surface area contributed by atoms with Crippen LogP contribution in [0.25, 0.3) is 0 Å². The molecule has 0 aromatic heterocycles. The van der Waals surface area contributed by atoms with Crippen LogP contribution in [0.4, 0.5) is 0 Å². The number of benzene rings is 1. The van der Waals surface area contributed by atoms with Gasteiger partial charge in [-0.1, -0.05) is 19.1 Å². The van der Waals surface area contributed by atoms with Crippen LogP contribution in [0.5, 0.6) is 5.75 Å². The lowest BCUT2D eigenvalue weighted by Crippen LogP contribution is -2.54. The Morgan fingerprint density at radius 3 is 2.62 bits per heavy atom. The Bertz CT molecular complexity index is 435. The van der Waals surface area contributed by atoms with Crippen molar-refractivity contribution >= 4 is 0 Å². The smallest absolute Gasteiger partial charge is 0.118 e. The van der Waals surface area contributed by atoms with Gasteiger partial charge < -0.3 is 15.2 Å². The van der Waals surface area contributed by atoms with Crippen LogP contribution in [-0.2, 0) is 4.74 Å². The van der Waals surface area contributed by atoms with Gasteiger partial charge in [0, 0.05) is 24.7 Å². The standard InChI is InChI=1S/C17H28N2O2/c1-5-15-11-21-12(2)10-19(15)13(3)17(18)14-6-8-16(20-4)9-7-14/h6-9,12-13,15,17H,5,10-11,18H2,1-4H3. The summed E-state index contributed by atoms with van der Waals surface area (Å²) in [7, 11) is 1.68. The molecule has 1 aliphatic heterocycles. The van der Waals surface area contributed by atoms with E-state index in [0.717, 1.165) is 30.9 Å². The van der Waals surface area contributed by atoms with E-state index in [9.17, 15) is 0 Å². The summed E-state index contributed by atoms with van der Waals surface area (Å²) in [5.41, 5.74) is 7.65. The average Bonchev–Trinajstić information content (AvgIpc) is 2.53. The molecule has 0 amide bonds. The van der Waals surface area contributed by atoms with Gasteiger partial charge in [-0.3, -0.25) is 4.90 Å². The van der Waals surface area contributed by atoms with Gasteiger partial charge in [0.25, 0.3) is 0 Å². The fourth-order valence-corrected chi connectivity index (χ4v) is 3.03. The zero-order chi connectivity index (χ0) is 15.4. The van der Waals surface area contributed by atoms with E-state index in [0.29, 0.717) is 6.04 Å². The zero-order valence-corrected chi connectivity index (χ0v) is 13.6. The summed E-state index contributed by atoms with van der Waals surface area (Å²) in [5, 5.41) is 0. The number of ether oxygens (including phenoxy) is 2. The maximum absolute atomic E-state index is 6.50. The summed E-state index contributed by atoms with van der Waals surface area (Å²) in [6, 6.07) is 8.81. The van der Waals surface area contributed by atoms with Crippen LogP contribution in [0, 0.1) is 0 Å². The van der Waals surface area contributed by atoms with Gasteiger partial charge in [0.15, 0.2) is 0 Å². The van der Waals surface area contributed by atoms with Crippen molar-refractivity contribution in [2.75, 3.05) is 20.3 Å². The third-order valence-corrected chi connectivity index (χ3v) is 4.52.